The van der Waals surface area contributed by atoms with Crippen molar-refractivity contribution in [3.63, 3.8) is 0 Å². The van der Waals surface area contributed by atoms with Gasteiger partial charge in [-0.15, -0.1) is 0 Å². The Labute approximate surface area is 120 Å². The Morgan fingerprint density at radius 3 is 2.65 bits per heavy atom. The first kappa shape index (κ1) is 13.6. The lowest BCUT2D eigenvalue weighted by Gasteiger charge is -2.30. The van der Waals surface area contributed by atoms with Crippen molar-refractivity contribution >= 4 is 31.9 Å². The Morgan fingerprint density at radius 2 is 2.00 bits per heavy atom. The third kappa shape index (κ3) is 3.33. The molecule has 1 fully saturated rings. The standard InChI is InChI=1S/C14H18Br2O/c1-9-3-2-4-10(7-9)14(17)11-5-6-12(15)13(16)8-11/h5-6,8-10,14,17H,2-4,7H2,1H3. The minimum atomic E-state index is -0.317. The fourth-order valence-electron chi connectivity index (χ4n) is 2.74. The van der Waals surface area contributed by atoms with Crippen molar-refractivity contribution < 1.29 is 5.11 Å². The summed E-state index contributed by atoms with van der Waals surface area (Å²) in [5, 5.41) is 10.4. The Kier molecular flexibility index (Phi) is 4.67. The maximum Gasteiger partial charge on any atom is 0.0818 e. The predicted octanol–water partition coefficient (Wildman–Crippen LogP) is 5.07. The topological polar surface area (TPSA) is 20.2 Å². The normalized spacial score (nSPS) is 26.8. The van der Waals surface area contributed by atoms with E-state index in [0.717, 1.165) is 33.3 Å². The van der Waals surface area contributed by atoms with Crippen molar-refractivity contribution in [1.82, 2.24) is 0 Å². The van der Waals surface area contributed by atoms with Gasteiger partial charge in [-0.3, -0.25) is 0 Å². The Bertz CT molecular complexity index is 392. The van der Waals surface area contributed by atoms with Crippen molar-refractivity contribution in [2.75, 3.05) is 0 Å². The fraction of sp³-hybridized carbons (Fsp3) is 0.571. The highest BCUT2D eigenvalue weighted by atomic mass is 79.9. The predicted molar refractivity (Wildman–Crippen MR) is 77.9 cm³/mol. The molecular formula is C14H18Br2O. The average molecular weight is 362 g/mol. The van der Waals surface area contributed by atoms with Crippen LogP contribution in [0.25, 0.3) is 0 Å². The minimum absolute atomic E-state index is 0.317. The molecule has 2 rings (SSSR count). The molecule has 0 aromatic heterocycles. The van der Waals surface area contributed by atoms with E-state index < -0.39 is 0 Å². The van der Waals surface area contributed by atoms with E-state index in [2.05, 4.69) is 38.8 Å². The maximum atomic E-state index is 10.4. The molecule has 3 atom stereocenters. The highest BCUT2D eigenvalue weighted by Gasteiger charge is 2.26. The van der Waals surface area contributed by atoms with Gasteiger partial charge >= 0.3 is 0 Å². The summed E-state index contributed by atoms with van der Waals surface area (Å²) in [6, 6.07) is 6.03. The lowest BCUT2D eigenvalue weighted by Crippen LogP contribution is -2.20. The zero-order valence-electron chi connectivity index (χ0n) is 10.00. The van der Waals surface area contributed by atoms with Crippen LogP contribution in [0.3, 0.4) is 0 Å². The smallest absolute Gasteiger partial charge is 0.0818 e. The third-order valence-corrected chi connectivity index (χ3v) is 5.59. The Balaban J connectivity index is 2.12. The van der Waals surface area contributed by atoms with E-state index in [9.17, 15) is 5.11 Å². The van der Waals surface area contributed by atoms with Crippen molar-refractivity contribution in [2.24, 2.45) is 11.8 Å². The van der Waals surface area contributed by atoms with Crippen LogP contribution in [-0.2, 0) is 0 Å². The van der Waals surface area contributed by atoms with E-state index >= 15 is 0 Å². The molecule has 1 N–H and O–H groups in total. The average Bonchev–Trinajstić information content (AvgIpc) is 2.32. The summed E-state index contributed by atoms with van der Waals surface area (Å²) in [5.41, 5.74) is 1.03. The lowest BCUT2D eigenvalue weighted by atomic mass is 9.78. The van der Waals surface area contributed by atoms with Crippen LogP contribution in [0.1, 0.15) is 44.3 Å². The molecule has 0 spiro atoms. The first-order chi connectivity index (χ1) is 8.08. The Morgan fingerprint density at radius 1 is 1.24 bits per heavy atom. The zero-order valence-corrected chi connectivity index (χ0v) is 13.2. The van der Waals surface area contributed by atoms with E-state index in [-0.39, 0.29) is 6.10 Å². The van der Waals surface area contributed by atoms with Gasteiger partial charge in [0.05, 0.1) is 6.10 Å². The molecule has 17 heavy (non-hydrogen) atoms. The van der Waals surface area contributed by atoms with Crippen LogP contribution in [0.4, 0.5) is 0 Å². The molecule has 3 heteroatoms. The summed E-state index contributed by atoms with van der Waals surface area (Å²) in [5.74, 6) is 1.18. The summed E-state index contributed by atoms with van der Waals surface area (Å²) >= 11 is 6.95. The largest absolute Gasteiger partial charge is 0.388 e. The number of halogens is 2. The number of benzene rings is 1. The van der Waals surface area contributed by atoms with Gasteiger partial charge in [0, 0.05) is 8.95 Å². The summed E-state index contributed by atoms with van der Waals surface area (Å²) in [6.07, 6.45) is 4.55. The molecule has 0 amide bonds. The van der Waals surface area contributed by atoms with Gasteiger partial charge in [0.25, 0.3) is 0 Å². The summed E-state index contributed by atoms with van der Waals surface area (Å²) in [7, 11) is 0. The molecular weight excluding hydrogens is 344 g/mol. The first-order valence-corrected chi connectivity index (χ1v) is 7.79. The van der Waals surface area contributed by atoms with Crippen LogP contribution < -0.4 is 0 Å². The van der Waals surface area contributed by atoms with Crippen LogP contribution >= 0.6 is 31.9 Å². The molecule has 0 radical (unpaired) electrons. The van der Waals surface area contributed by atoms with Crippen LogP contribution in [0.15, 0.2) is 27.1 Å². The van der Waals surface area contributed by atoms with Gasteiger partial charge < -0.3 is 5.11 Å². The highest BCUT2D eigenvalue weighted by Crippen LogP contribution is 2.38. The lowest BCUT2D eigenvalue weighted by molar-refractivity contribution is 0.0713. The van der Waals surface area contributed by atoms with Crippen molar-refractivity contribution in [3.05, 3.63) is 32.7 Å². The summed E-state index contributed by atoms with van der Waals surface area (Å²) < 4.78 is 2.04. The van der Waals surface area contributed by atoms with Crippen molar-refractivity contribution in [1.29, 1.82) is 0 Å². The molecule has 1 aliphatic carbocycles. The maximum absolute atomic E-state index is 10.4. The molecule has 1 nitrogen and oxygen atoms in total. The number of aliphatic hydroxyl groups excluding tert-OH is 1. The molecule has 0 bridgehead atoms. The van der Waals surface area contributed by atoms with E-state index in [1.807, 2.05) is 18.2 Å². The minimum Gasteiger partial charge on any atom is -0.388 e. The van der Waals surface area contributed by atoms with E-state index in [1.165, 1.54) is 12.8 Å². The van der Waals surface area contributed by atoms with E-state index in [0.29, 0.717) is 5.92 Å². The fourth-order valence-corrected chi connectivity index (χ4v) is 3.38. The van der Waals surface area contributed by atoms with Crippen LogP contribution in [0, 0.1) is 11.8 Å². The second-order valence-corrected chi connectivity index (χ2v) is 6.86. The molecule has 0 heterocycles. The molecule has 0 aliphatic heterocycles. The van der Waals surface area contributed by atoms with Gasteiger partial charge in [-0.25, -0.2) is 0 Å². The zero-order chi connectivity index (χ0) is 12.4. The number of hydrogen-bond acceptors (Lipinski definition) is 1. The molecule has 1 saturated carbocycles. The second kappa shape index (κ2) is 5.85. The van der Waals surface area contributed by atoms with Gasteiger partial charge in [0.1, 0.15) is 0 Å². The second-order valence-electron chi connectivity index (χ2n) is 5.15. The van der Waals surface area contributed by atoms with Crippen molar-refractivity contribution in [3.8, 4) is 0 Å². The van der Waals surface area contributed by atoms with Crippen molar-refractivity contribution in [2.45, 2.75) is 38.7 Å². The van der Waals surface area contributed by atoms with Gasteiger partial charge in [-0.05, 0) is 74.2 Å². The van der Waals surface area contributed by atoms with Crippen LogP contribution in [-0.4, -0.2) is 5.11 Å². The molecule has 1 aromatic rings. The number of hydrogen-bond donors (Lipinski definition) is 1. The molecule has 0 saturated heterocycles. The first-order valence-electron chi connectivity index (χ1n) is 6.21. The van der Waals surface area contributed by atoms with Gasteiger partial charge in [0.15, 0.2) is 0 Å². The summed E-state index contributed by atoms with van der Waals surface area (Å²) in [4.78, 5) is 0. The van der Waals surface area contributed by atoms with Gasteiger partial charge in [-0.2, -0.15) is 0 Å². The number of aliphatic hydroxyl groups is 1. The molecule has 3 unspecified atom stereocenters. The molecule has 1 aromatic carbocycles. The van der Waals surface area contributed by atoms with Crippen LogP contribution in [0.2, 0.25) is 0 Å². The van der Waals surface area contributed by atoms with Gasteiger partial charge in [-0.1, -0.05) is 25.8 Å². The molecule has 1 aliphatic rings. The van der Waals surface area contributed by atoms with Crippen LogP contribution in [0.5, 0.6) is 0 Å². The quantitative estimate of drug-likeness (QED) is 0.779. The van der Waals surface area contributed by atoms with E-state index in [4.69, 9.17) is 0 Å². The Hall–Kier alpha value is 0.140. The number of rotatable bonds is 2. The van der Waals surface area contributed by atoms with Gasteiger partial charge in [0.2, 0.25) is 0 Å². The monoisotopic (exact) mass is 360 g/mol. The SMILES string of the molecule is CC1CCCC(C(O)c2ccc(Br)c(Br)c2)C1. The summed E-state index contributed by atoms with van der Waals surface area (Å²) in [6.45, 7) is 2.29. The highest BCUT2D eigenvalue weighted by molar-refractivity contribution is 9.13. The molecule has 94 valence electrons. The van der Waals surface area contributed by atoms with E-state index in [1.54, 1.807) is 0 Å². The third-order valence-electron chi connectivity index (χ3n) is 3.71.